The first kappa shape index (κ1) is 15.1. The molecular weight excluding hydrogens is 318 g/mol. The predicted octanol–water partition coefficient (Wildman–Crippen LogP) is 0.293. The summed E-state index contributed by atoms with van der Waals surface area (Å²) in [4.78, 5) is 37.3. The predicted molar refractivity (Wildman–Crippen MR) is 69.3 cm³/mol. The van der Waals surface area contributed by atoms with Crippen LogP contribution in [0.3, 0.4) is 0 Å². The maximum Gasteiger partial charge on any atom is 0.326 e. The number of nitrogens with one attached hydrogen (secondary N) is 1. The number of carboxylic acids is 1. The minimum absolute atomic E-state index is 0.0651. The normalized spacial score (nSPS) is 11.6. The highest BCUT2D eigenvalue weighted by molar-refractivity contribution is 9.10. The van der Waals surface area contributed by atoms with Gasteiger partial charge in [-0.05, 0) is 34.5 Å². The molecule has 1 rings (SSSR count). The van der Waals surface area contributed by atoms with Crippen LogP contribution in [0.25, 0.3) is 0 Å². The van der Waals surface area contributed by atoms with E-state index in [4.69, 9.17) is 10.8 Å². The standard InChI is InChI=1S/C11H12BrN3O4/c12-8-3-1-2-6(14-8)10(17)15-7(11(18)19)4-5-9(13)16/h1-3,7H,4-5H2,(H2,13,16)(H,15,17)(H,18,19)/t7-/m1/s1. The Morgan fingerprint density at radius 3 is 2.63 bits per heavy atom. The second-order valence-corrected chi connectivity index (χ2v) is 4.53. The number of halogens is 1. The largest absolute Gasteiger partial charge is 0.480 e. The molecule has 19 heavy (non-hydrogen) atoms. The number of aromatic nitrogens is 1. The third kappa shape index (κ3) is 5.04. The molecule has 0 bridgehead atoms. The Hall–Kier alpha value is -1.96. The first-order valence-electron chi connectivity index (χ1n) is 5.34. The molecule has 0 aromatic carbocycles. The molecule has 0 radical (unpaired) electrons. The van der Waals surface area contributed by atoms with Crippen molar-refractivity contribution < 1.29 is 19.5 Å². The molecule has 1 aromatic rings. The van der Waals surface area contributed by atoms with Crippen molar-refractivity contribution in [1.82, 2.24) is 10.3 Å². The van der Waals surface area contributed by atoms with Gasteiger partial charge in [0.25, 0.3) is 5.91 Å². The molecule has 4 N–H and O–H groups in total. The highest BCUT2D eigenvalue weighted by atomic mass is 79.9. The summed E-state index contributed by atoms with van der Waals surface area (Å²) in [6, 6.07) is 3.51. The van der Waals surface area contributed by atoms with Crippen LogP contribution in [0.4, 0.5) is 0 Å². The van der Waals surface area contributed by atoms with Gasteiger partial charge in [-0.2, -0.15) is 0 Å². The number of primary amides is 1. The Kier molecular flexibility index (Phi) is 5.43. The van der Waals surface area contributed by atoms with Crippen molar-refractivity contribution in [2.75, 3.05) is 0 Å². The zero-order valence-electron chi connectivity index (χ0n) is 9.80. The van der Waals surface area contributed by atoms with Crippen LogP contribution in [0.15, 0.2) is 22.8 Å². The van der Waals surface area contributed by atoms with Crippen LogP contribution in [0.5, 0.6) is 0 Å². The van der Waals surface area contributed by atoms with Crippen LogP contribution in [0.2, 0.25) is 0 Å². The summed E-state index contributed by atoms with van der Waals surface area (Å²) in [6.07, 6.45) is -0.187. The molecule has 0 spiro atoms. The van der Waals surface area contributed by atoms with Crippen molar-refractivity contribution in [3.8, 4) is 0 Å². The van der Waals surface area contributed by atoms with Gasteiger partial charge in [-0.25, -0.2) is 9.78 Å². The van der Waals surface area contributed by atoms with Crippen LogP contribution in [0.1, 0.15) is 23.3 Å². The number of pyridine rings is 1. The Labute approximate surface area is 117 Å². The molecule has 102 valence electrons. The van der Waals surface area contributed by atoms with Crippen molar-refractivity contribution >= 4 is 33.7 Å². The number of amides is 2. The zero-order chi connectivity index (χ0) is 14.4. The SMILES string of the molecule is NC(=O)CC[C@@H](NC(=O)c1cccc(Br)n1)C(=O)O. The molecule has 0 aliphatic carbocycles. The lowest BCUT2D eigenvalue weighted by Gasteiger charge is -2.13. The lowest BCUT2D eigenvalue weighted by Crippen LogP contribution is -2.41. The molecule has 0 saturated carbocycles. The van der Waals surface area contributed by atoms with E-state index in [9.17, 15) is 14.4 Å². The molecule has 0 aliphatic rings. The van der Waals surface area contributed by atoms with E-state index in [0.717, 1.165) is 0 Å². The minimum Gasteiger partial charge on any atom is -0.480 e. The smallest absolute Gasteiger partial charge is 0.326 e. The van der Waals surface area contributed by atoms with E-state index in [1.165, 1.54) is 6.07 Å². The van der Waals surface area contributed by atoms with Gasteiger partial charge in [0.05, 0.1) is 0 Å². The van der Waals surface area contributed by atoms with E-state index in [0.29, 0.717) is 4.60 Å². The monoisotopic (exact) mass is 329 g/mol. The zero-order valence-corrected chi connectivity index (χ0v) is 11.4. The van der Waals surface area contributed by atoms with Gasteiger partial charge in [0, 0.05) is 6.42 Å². The van der Waals surface area contributed by atoms with Crippen molar-refractivity contribution in [2.45, 2.75) is 18.9 Å². The van der Waals surface area contributed by atoms with Crippen molar-refractivity contribution in [2.24, 2.45) is 5.73 Å². The first-order chi connectivity index (χ1) is 8.90. The van der Waals surface area contributed by atoms with E-state index in [1.54, 1.807) is 12.1 Å². The number of carbonyl (C=O) groups excluding carboxylic acids is 2. The van der Waals surface area contributed by atoms with Gasteiger partial charge in [0.15, 0.2) is 0 Å². The lowest BCUT2D eigenvalue weighted by atomic mass is 10.1. The number of carboxylic acid groups (broad SMARTS) is 1. The van der Waals surface area contributed by atoms with Crippen molar-refractivity contribution in [3.05, 3.63) is 28.5 Å². The molecule has 2 amide bonds. The van der Waals surface area contributed by atoms with Gasteiger partial charge in [-0.1, -0.05) is 6.07 Å². The molecule has 1 heterocycles. The van der Waals surface area contributed by atoms with Crippen molar-refractivity contribution in [3.63, 3.8) is 0 Å². The van der Waals surface area contributed by atoms with Gasteiger partial charge < -0.3 is 16.2 Å². The summed E-state index contributed by atoms with van der Waals surface area (Å²) >= 11 is 3.11. The number of rotatable bonds is 6. The topological polar surface area (TPSA) is 122 Å². The fourth-order valence-corrected chi connectivity index (χ4v) is 1.65. The summed E-state index contributed by atoms with van der Waals surface area (Å²) in [5.74, 6) is -2.48. The molecule has 8 heteroatoms. The Balaban J connectivity index is 2.71. The van der Waals surface area contributed by atoms with E-state index >= 15 is 0 Å². The Morgan fingerprint density at radius 1 is 1.42 bits per heavy atom. The fraction of sp³-hybridized carbons (Fsp3) is 0.273. The highest BCUT2D eigenvalue weighted by Gasteiger charge is 2.21. The maximum atomic E-state index is 11.8. The van der Waals surface area contributed by atoms with Crippen LogP contribution in [-0.2, 0) is 9.59 Å². The average Bonchev–Trinajstić information content (AvgIpc) is 2.33. The van der Waals surface area contributed by atoms with Crippen molar-refractivity contribution in [1.29, 1.82) is 0 Å². The Morgan fingerprint density at radius 2 is 2.11 bits per heavy atom. The van der Waals surface area contributed by atoms with Gasteiger partial charge in [-0.3, -0.25) is 9.59 Å². The van der Waals surface area contributed by atoms with Crippen LogP contribution >= 0.6 is 15.9 Å². The molecule has 1 aromatic heterocycles. The number of hydrogen-bond donors (Lipinski definition) is 3. The fourth-order valence-electron chi connectivity index (χ4n) is 1.31. The van der Waals surface area contributed by atoms with E-state index in [1.807, 2.05) is 0 Å². The number of nitrogens with zero attached hydrogens (tertiary/aromatic N) is 1. The second-order valence-electron chi connectivity index (χ2n) is 3.71. The van der Waals surface area contributed by atoms with Crippen LogP contribution in [0, 0.1) is 0 Å². The number of nitrogens with two attached hydrogens (primary N) is 1. The Bertz CT molecular complexity index is 506. The number of carbonyl (C=O) groups is 3. The maximum absolute atomic E-state index is 11.8. The summed E-state index contributed by atoms with van der Waals surface area (Å²) in [6.45, 7) is 0. The summed E-state index contributed by atoms with van der Waals surface area (Å²) in [5, 5.41) is 11.2. The lowest BCUT2D eigenvalue weighted by molar-refractivity contribution is -0.139. The van der Waals surface area contributed by atoms with Crippen LogP contribution < -0.4 is 11.1 Å². The van der Waals surface area contributed by atoms with Crippen LogP contribution in [-0.4, -0.2) is 33.9 Å². The van der Waals surface area contributed by atoms with E-state index in [-0.39, 0.29) is 18.5 Å². The number of aliphatic carboxylic acids is 1. The highest BCUT2D eigenvalue weighted by Crippen LogP contribution is 2.07. The summed E-state index contributed by atoms with van der Waals surface area (Å²) in [5.41, 5.74) is 5.02. The molecule has 1 atom stereocenters. The minimum atomic E-state index is -1.23. The van der Waals surface area contributed by atoms with Gasteiger partial charge in [0.2, 0.25) is 5.91 Å². The number of hydrogen-bond acceptors (Lipinski definition) is 4. The third-order valence-electron chi connectivity index (χ3n) is 2.23. The first-order valence-corrected chi connectivity index (χ1v) is 6.14. The van der Waals surface area contributed by atoms with E-state index in [2.05, 4.69) is 26.2 Å². The summed E-state index contributed by atoms with van der Waals surface area (Å²) < 4.78 is 0.462. The quantitative estimate of drug-likeness (QED) is 0.647. The molecular formula is C11H12BrN3O4. The van der Waals surface area contributed by atoms with Gasteiger partial charge >= 0.3 is 5.97 Å². The molecule has 0 unspecified atom stereocenters. The second kappa shape index (κ2) is 6.83. The average molecular weight is 330 g/mol. The molecule has 7 nitrogen and oxygen atoms in total. The van der Waals surface area contributed by atoms with E-state index < -0.39 is 23.8 Å². The molecule has 0 fully saturated rings. The molecule has 0 saturated heterocycles. The molecule has 0 aliphatic heterocycles. The third-order valence-corrected chi connectivity index (χ3v) is 2.67. The van der Waals surface area contributed by atoms with Gasteiger partial charge in [0.1, 0.15) is 16.3 Å². The summed E-state index contributed by atoms with van der Waals surface area (Å²) in [7, 11) is 0. The van der Waals surface area contributed by atoms with Gasteiger partial charge in [-0.15, -0.1) is 0 Å².